The molecular weight excluding hydrogens is 372 g/mol. The second kappa shape index (κ2) is 9.04. The molecular formula is C26H28N2O2. The number of fused-ring (bicyclic) bond motifs is 1. The Morgan fingerprint density at radius 2 is 1.60 bits per heavy atom. The van der Waals surface area contributed by atoms with Gasteiger partial charge in [0.2, 0.25) is 0 Å². The molecule has 30 heavy (non-hydrogen) atoms. The van der Waals surface area contributed by atoms with Crippen LogP contribution in [0.25, 0.3) is 11.0 Å². The fourth-order valence-electron chi connectivity index (χ4n) is 3.54. The molecule has 4 aromatic rings. The fourth-order valence-corrected chi connectivity index (χ4v) is 3.54. The first-order chi connectivity index (χ1) is 14.6. The number of aromatic nitrogens is 2. The number of nitrogens with zero attached hydrogens (tertiary/aromatic N) is 2. The molecule has 1 aromatic heterocycles. The number of aryl methyl sites for hydroxylation is 4. The van der Waals surface area contributed by atoms with Gasteiger partial charge in [0.1, 0.15) is 23.9 Å². The molecule has 0 unspecified atom stereocenters. The highest BCUT2D eigenvalue weighted by Gasteiger charge is 2.11. The van der Waals surface area contributed by atoms with Gasteiger partial charge in [0.25, 0.3) is 0 Å². The number of imidazole rings is 1. The third-order valence-corrected chi connectivity index (χ3v) is 5.25. The molecule has 0 aliphatic rings. The minimum absolute atomic E-state index is 0.440. The maximum atomic E-state index is 6.04. The SMILES string of the molecule is Cc1ccc(OCc2nc3ccccc3n2CCCOc2cc(C)ccc2C)cc1. The summed E-state index contributed by atoms with van der Waals surface area (Å²) in [7, 11) is 0. The highest BCUT2D eigenvalue weighted by atomic mass is 16.5. The van der Waals surface area contributed by atoms with Crippen LogP contribution in [0, 0.1) is 20.8 Å². The van der Waals surface area contributed by atoms with Crippen LogP contribution in [-0.4, -0.2) is 16.2 Å². The summed E-state index contributed by atoms with van der Waals surface area (Å²) in [5, 5.41) is 0. The average molecular weight is 401 g/mol. The molecule has 0 atom stereocenters. The number of benzene rings is 3. The van der Waals surface area contributed by atoms with Crippen molar-refractivity contribution in [1.29, 1.82) is 0 Å². The first-order valence-electron chi connectivity index (χ1n) is 10.4. The number of hydrogen-bond donors (Lipinski definition) is 0. The quantitative estimate of drug-likeness (QED) is 0.340. The second-order valence-corrected chi connectivity index (χ2v) is 7.74. The second-order valence-electron chi connectivity index (χ2n) is 7.74. The van der Waals surface area contributed by atoms with Gasteiger partial charge >= 0.3 is 0 Å². The van der Waals surface area contributed by atoms with Crippen molar-refractivity contribution in [3.8, 4) is 11.5 Å². The van der Waals surface area contributed by atoms with Crippen LogP contribution in [0.1, 0.15) is 28.9 Å². The average Bonchev–Trinajstić information content (AvgIpc) is 3.10. The summed E-state index contributed by atoms with van der Waals surface area (Å²) < 4.78 is 14.3. The van der Waals surface area contributed by atoms with E-state index in [0.29, 0.717) is 13.2 Å². The predicted molar refractivity (Wildman–Crippen MR) is 121 cm³/mol. The molecule has 0 amide bonds. The molecule has 0 radical (unpaired) electrons. The molecule has 0 spiro atoms. The van der Waals surface area contributed by atoms with Gasteiger partial charge in [0.15, 0.2) is 0 Å². The predicted octanol–water partition coefficient (Wildman–Crippen LogP) is 6.01. The van der Waals surface area contributed by atoms with Crippen LogP contribution in [0.3, 0.4) is 0 Å². The van der Waals surface area contributed by atoms with Crippen LogP contribution in [0.15, 0.2) is 66.7 Å². The van der Waals surface area contributed by atoms with Gasteiger partial charge in [-0.25, -0.2) is 4.98 Å². The number of rotatable bonds is 8. The van der Waals surface area contributed by atoms with Crippen LogP contribution in [0.2, 0.25) is 0 Å². The number of hydrogen-bond acceptors (Lipinski definition) is 3. The lowest BCUT2D eigenvalue weighted by atomic mass is 10.1. The molecule has 0 aliphatic carbocycles. The monoisotopic (exact) mass is 400 g/mol. The van der Waals surface area contributed by atoms with Gasteiger partial charge in [-0.05, 0) is 68.7 Å². The minimum atomic E-state index is 0.440. The van der Waals surface area contributed by atoms with Crippen molar-refractivity contribution in [2.45, 2.75) is 40.3 Å². The van der Waals surface area contributed by atoms with E-state index in [1.165, 1.54) is 16.7 Å². The summed E-state index contributed by atoms with van der Waals surface area (Å²) in [4.78, 5) is 4.81. The number of ether oxygens (including phenoxy) is 2. The van der Waals surface area contributed by atoms with E-state index in [1.54, 1.807) is 0 Å². The Bertz CT molecular complexity index is 1130. The molecule has 0 aliphatic heterocycles. The van der Waals surface area contributed by atoms with Gasteiger partial charge in [0, 0.05) is 6.54 Å². The van der Waals surface area contributed by atoms with E-state index in [0.717, 1.165) is 41.3 Å². The normalized spacial score (nSPS) is 11.0. The summed E-state index contributed by atoms with van der Waals surface area (Å²) in [5.41, 5.74) is 5.73. The lowest BCUT2D eigenvalue weighted by Gasteiger charge is -2.13. The standard InChI is InChI=1S/C26H28N2O2/c1-19-10-13-22(14-11-19)30-18-26-27-23-7-4-5-8-24(23)28(26)15-6-16-29-25-17-20(2)9-12-21(25)3/h4-5,7-14,17H,6,15-16,18H2,1-3H3. The van der Waals surface area contributed by atoms with E-state index in [2.05, 4.69) is 67.8 Å². The third kappa shape index (κ3) is 4.65. The Hall–Kier alpha value is -3.27. The van der Waals surface area contributed by atoms with Gasteiger partial charge in [-0.2, -0.15) is 0 Å². The van der Waals surface area contributed by atoms with E-state index in [4.69, 9.17) is 14.5 Å². The van der Waals surface area contributed by atoms with Crippen molar-refractivity contribution in [3.05, 3.63) is 89.2 Å². The summed E-state index contributed by atoms with van der Waals surface area (Å²) >= 11 is 0. The molecule has 0 saturated heterocycles. The Balaban J connectivity index is 1.44. The lowest BCUT2D eigenvalue weighted by molar-refractivity contribution is 0.279. The van der Waals surface area contributed by atoms with Crippen molar-refractivity contribution < 1.29 is 9.47 Å². The van der Waals surface area contributed by atoms with Crippen LogP contribution >= 0.6 is 0 Å². The summed E-state index contributed by atoms with van der Waals surface area (Å²) in [6, 6.07) is 22.7. The molecule has 4 rings (SSSR count). The van der Waals surface area contributed by atoms with Crippen molar-refractivity contribution in [3.63, 3.8) is 0 Å². The highest BCUT2D eigenvalue weighted by molar-refractivity contribution is 5.75. The van der Waals surface area contributed by atoms with Crippen LogP contribution in [0.5, 0.6) is 11.5 Å². The van der Waals surface area contributed by atoms with E-state index in [9.17, 15) is 0 Å². The third-order valence-electron chi connectivity index (χ3n) is 5.25. The number of para-hydroxylation sites is 2. The molecule has 0 saturated carbocycles. The van der Waals surface area contributed by atoms with Gasteiger partial charge in [-0.15, -0.1) is 0 Å². The maximum Gasteiger partial charge on any atom is 0.147 e. The van der Waals surface area contributed by atoms with Gasteiger partial charge in [-0.1, -0.05) is 42.0 Å². The Morgan fingerprint density at radius 1 is 0.833 bits per heavy atom. The Morgan fingerprint density at radius 3 is 2.43 bits per heavy atom. The molecule has 0 fully saturated rings. The maximum absolute atomic E-state index is 6.04. The zero-order chi connectivity index (χ0) is 20.9. The topological polar surface area (TPSA) is 36.3 Å². The van der Waals surface area contributed by atoms with E-state index in [-0.39, 0.29) is 0 Å². The largest absolute Gasteiger partial charge is 0.493 e. The summed E-state index contributed by atoms with van der Waals surface area (Å²) in [6.45, 7) is 8.18. The van der Waals surface area contributed by atoms with Gasteiger partial charge in [-0.3, -0.25) is 0 Å². The van der Waals surface area contributed by atoms with Crippen LogP contribution in [-0.2, 0) is 13.2 Å². The molecule has 0 bridgehead atoms. The van der Waals surface area contributed by atoms with Gasteiger partial charge in [0.05, 0.1) is 17.6 Å². The fraction of sp³-hybridized carbons (Fsp3) is 0.269. The van der Waals surface area contributed by atoms with Crippen molar-refractivity contribution >= 4 is 11.0 Å². The summed E-state index contributed by atoms with van der Waals surface area (Å²) in [6.07, 6.45) is 0.894. The van der Waals surface area contributed by atoms with Gasteiger partial charge < -0.3 is 14.0 Å². The molecule has 1 heterocycles. The van der Waals surface area contributed by atoms with Crippen molar-refractivity contribution in [2.75, 3.05) is 6.61 Å². The Kier molecular flexibility index (Phi) is 6.03. The zero-order valence-electron chi connectivity index (χ0n) is 17.9. The molecule has 4 heteroatoms. The van der Waals surface area contributed by atoms with E-state index < -0.39 is 0 Å². The smallest absolute Gasteiger partial charge is 0.147 e. The van der Waals surface area contributed by atoms with Crippen molar-refractivity contribution in [2.24, 2.45) is 0 Å². The minimum Gasteiger partial charge on any atom is -0.493 e. The van der Waals surface area contributed by atoms with Crippen molar-refractivity contribution in [1.82, 2.24) is 9.55 Å². The van der Waals surface area contributed by atoms with E-state index >= 15 is 0 Å². The Labute approximate surface area is 178 Å². The summed E-state index contributed by atoms with van der Waals surface area (Å²) in [5.74, 6) is 2.76. The zero-order valence-corrected chi connectivity index (χ0v) is 17.9. The van der Waals surface area contributed by atoms with Crippen LogP contribution < -0.4 is 9.47 Å². The van der Waals surface area contributed by atoms with E-state index in [1.807, 2.05) is 24.3 Å². The first-order valence-corrected chi connectivity index (χ1v) is 10.4. The molecule has 4 nitrogen and oxygen atoms in total. The first kappa shape index (κ1) is 20.0. The van der Waals surface area contributed by atoms with Crippen LogP contribution in [0.4, 0.5) is 0 Å². The highest BCUT2D eigenvalue weighted by Crippen LogP contribution is 2.21. The molecule has 0 N–H and O–H groups in total. The lowest BCUT2D eigenvalue weighted by Crippen LogP contribution is -2.10. The molecule has 3 aromatic carbocycles. The molecule has 154 valence electrons.